The Morgan fingerprint density at radius 2 is 1.63 bits per heavy atom. The molecule has 1 aliphatic rings. The number of carbonyl (C=O) groups excluding carboxylic acids is 1. The van der Waals surface area contributed by atoms with Crippen molar-refractivity contribution in [3.8, 4) is 11.1 Å². The van der Waals surface area contributed by atoms with Crippen molar-refractivity contribution in [3.63, 3.8) is 0 Å². The lowest BCUT2D eigenvalue weighted by Gasteiger charge is -2.20. The SMILES string of the molecule is CC(C)(C)c1ccc(C(=O)Nc2sc3c(c2C(=O)O)-c2ccccc2C3(C)C)cc1. The van der Waals surface area contributed by atoms with E-state index in [1.165, 1.54) is 11.3 Å². The first-order chi connectivity index (χ1) is 14.0. The first-order valence-corrected chi connectivity index (χ1v) is 10.8. The standard InChI is InChI=1S/C25H25NO3S/c1-24(2,3)15-12-10-14(11-13-15)21(27)26-22-19(23(28)29)18-16-8-6-7-9-17(16)25(4,5)20(18)30-22/h6-13H,1-5H3,(H,26,27)(H,28,29). The van der Waals surface area contributed by atoms with Crippen molar-refractivity contribution in [1.29, 1.82) is 0 Å². The number of benzene rings is 2. The topological polar surface area (TPSA) is 66.4 Å². The number of fused-ring (bicyclic) bond motifs is 3. The minimum Gasteiger partial charge on any atom is -0.478 e. The van der Waals surface area contributed by atoms with Gasteiger partial charge in [0.2, 0.25) is 0 Å². The molecule has 1 heterocycles. The van der Waals surface area contributed by atoms with Gasteiger partial charge in [0, 0.05) is 21.4 Å². The molecule has 5 heteroatoms. The lowest BCUT2D eigenvalue weighted by molar-refractivity contribution is 0.0699. The van der Waals surface area contributed by atoms with E-state index in [1.807, 2.05) is 36.4 Å². The van der Waals surface area contributed by atoms with Crippen LogP contribution in [0.5, 0.6) is 0 Å². The fourth-order valence-corrected chi connectivity index (χ4v) is 5.40. The van der Waals surface area contributed by atoms with E-state index in [9.17, 15) is 14.7 Å². The van der Waals surface area contributed by atoms with Crippen LogP contribution in [0.4, 0.5) is 5.00 Å². The van der Waals surface area contributed by atoms with E-state index < -0.39 is 5.97 Å². The third kappa shape index (κ3) is 3.14. The third-order valence-corrected chi connectivity index (χ3v) is 7.23. The molecular weight excluding hydrogens is 394 g/mol. The zero-order valence-corrected chi connectivity index (χ0v) is 18.6. The summed E-state index contributed by atoms with van der Waals surface area (Å²) in [7, 11) is 0. The molecule has 0 saturated heterocycles. The Hall–Kier alpha value is -2.92. The molecule has 30 heavy (non-hydrogen) atoms. The van der Waals surface area contributed by atoms with Gasteiger partial charge < -0.3 is 10.4 Å². The number of carbonyl (C=O) groups is 2. The molecule has 4 nitrogen and oxygen atoms in total. The van der Waals surface area contributed by atoms with Crippen molar-refractivity contribution in [3.05, 3.63) is 75.7 Å². The maximum atomic E-state index is 12.9. The van der Waals surface area contributed by atoms with Gasteiger partial charge >= 0.3 is 5.97 Å². The number of hydrogen-bond donors (Lipinski definition) is 2. The molecule has 1 aromatic heterocycles. The van der Waals surface area contributed by atoms with E-state index >= 15 is 0 Å². The third-order valence-electron chi connectivity index (χ3n) is 5.80. The molecule has 2 N–H and O–H groups in total. The summed E-state index contributed by atoms with van der Waals surface area (Å²) >= 11 is 1.36. The smallest absolute Gasteiger partial charge is 0.339 e. The van der Waals surface area contributed by atoms with Crippen LogP contribution in [0.3, 0.4) is 0 Å². The summed E-state index contributed by atoms with van der Waals surface area (Å²) in [5, 5.41) is 13.2. The minimum atomic E-state index is -1.03. The van der Waals surface area contributed by atoms with Gasteiger partial charge in [-0.1, -0.05) is 71.0 Å². The molecule has 2 aromatic carbocycles. The van der Waals surface area contributed by atoms with Crippen LogP contribution in [0, 0.1) is 0 Å². The molecule has 0 unspecified atom stereocenters. The highest BCUT2D eigenvalue weighted by Gasteiger charge is 2.41. The normalized spacial score (nSPS) is 14.2. The monoisotopic (exact) mass is 419 g/mol. The van der Waals surface area contributed by atoms with Crippen molar-refractivity contribution < 1.29 is 14.7 Å². The second-order valence-corrected chi connectivity index (χ2v) is 10.3. The molecule has 154 valence electrons. The van der Waals surface area contributed by atoms with Crippen LogP contribution in [0.25, 0.3) is 11.1 Å². The molecule has 1 aliphatic carbocycles. The number of thiophene rings is 1. The molecule has 0 bridgehead atoms. The Kier molecular flexibility index (Phi) is 4.62. The highest BCUT2D eigenvalue weighted by molar-refractivity contribution is 7.17. The van der Waals surface area contributed by atoms with Crippen LogP contribution in [-0.4, -0.2) is 17.0 Å². The molecular formula is C25H25NO3S. The number of carboxylic acid groups (broad SMARTS) is 1. The van der Waals surface area contributed by atoms with Crippen molar-refractivity contribution >= 4 is 28.2 Å². The summed E-state index contributed by atoms with van der Waals surface area (Å²) in [5.41, 5.74) is 4.29. The maximum absolute atomic E-state index is 12.9. The first-order valence-electron chi connectivity index (χ1n) is 9.94. The molecule has 0 atom stereocenters. The Balaban J connectivity index is 1.74. The highest BCUT2D eigenvalue weighted by atomic mass is 32.1. The van der Waals surface area contributed by atoms with Gasteiger partial charge in [-0.25, -0.2) is 4.79 Å². The lowest BCUT2D eigenvalue weighted by atomic mass is 9.87. The Morgan fingerprint density at radius 3 is 2.23 bits per heavy atom. The number of hydrogen-bond acceptors (Lipinski definition) is 3. The van der Waals surface area contributed by atoms with E-state index in [-0.39, 0.29) is 22.3 Å². The molecule has 0 saturated carbocycles. The number of amides is 1. The predicted octanol–water partition coefficient (Wildman–Crippen LogP) is 6.30. The largest absolute Gasteiger partial charge is 0.478 e. The molecule has 0 spiro atoms. The summed E-state index contributed by atoms with van der Waals surface area (Å²) in [6, 6.07) is 15.4. The van der Waals surface area contributed by atoms with Gasteiger partial charge in [0.1, 0.15) is 10.6 Å². The van der Waals surface area contributed by atoms with Gasteiger partial charge in [0.05, 0.1) is 0 Å². The maximum Gasteiger partial charge on any atom is 0.339 e. The lowest BCUT2D eigenvalue weighted by Crippen LogP contribution is -2.15. The average Bonchev–Trinajstić information content (AvgIpc) is 3.16. The van der Waals surface area contributed by atoms with Gasteiger partial charge in [-0.05, 0) is 34.2 Å². The van der Waals surface area contributed by atoms with E-state index in [1.54, 1.807) is 12.1 Å². The van der Waals surface area contributed by atoms with Crippen LogP contribution in [0.2, 0.25) is 0 Å². The van der Waals surface area contributed by atoms with Gasteiger partial charge in [-0.2, -0.15) is 0 Å². The molecule has 4 rings (SSSR count). The van der Waals surface area contributed by atoms with Gasteiger partial charge in [0.25, 0.3) is 5.91 Å². The number of nitrogens with one attached hydrogen (secondary N) is 1. The van der Waals surface area contributed by atoms with Crippen LogP contribution < -0.4 is 5.32 Å². The molecule has 0 fully saturated rings. The van der Waals surface area contributed by atoms with Crippen LogP contribution >= 0.6 is 11.3 Å². The highest BCUT2D eigenvalue weighted by Crippen LogP contribution is 2.55. The van der Waals surface area contributed by atoms with Crippen LogP contribution in [0.1, 0.15) is 71.3 Å². The van der Waals surface area contributed by atoms with Gasteiger partial charge in [-0.3, -0.25) is 4.79 Å². The zero-order chi connectivity index (χ0) is 21.8. The van der Waals surface area contributed by atoms with Crippen LogP contribution in [-0.2, 0) is 10.8 Å². The Labute approximate surface area is 180 Å². The first kappa shape index (κ1) is 20.4. The molecule has 0 radical (unpaired) electrons. The second kappa shape index (κ2) is 6.81. The Bertz CT molecular complexity index is 1160. The van der Waals surface area contributed by atoms with E-state index in [4.69, 9.17) is 0 Å². The molecule has 3 aromatic rings. The number of rotatable bonds is 3. The van der Waals surface area contributed by atoms with Gasteiger partial charge in [-0.15, -0.1) is 11.3 Å². The van der Waals surface area contributed by atoms with E-state index in [2.05, 4.69) is 39.9 Å². The van der Waals surface area contributed by atoms with Crippen molar-refractivity contribution in [2.75, 3.05) is 5.32 Å². The summed E-state index contributed by atoms with van der Waals surface area (Å²) in [6.07, 6.45) is 0. The minimum absolute atomic E-state index is 0.000978. The fraction of sp³-hybridized carbons (Fsp3) is 0.280. The van der Waals surface area contributed by atoms with Crippen LogP contribution in [0.15, 0.2) is 48.5 Å². The van der Waals surface area contributed by atoms with Gasteiger partial charge in [0.15, 0.2) is 0 Å². The van der Waals surface area contributed by atoms with E-state index in [0.29, 0.717) is 10.6 Å². The molecule has 1 amide bonds. The second-order valence-electron chi connectivity index (χ2n) is 9.27. The van der Waals surface area contributed by atoms with Crippen molar-refractivity contribution in [2.24, 2.45) is 0 Å². The van der Waals surface area contributed by atoms with Crippen molar-refractivity contribution in [1.82, 2.24) is 0 Å². The number of aromatic carboxylic acids is 1. The number of carboxylic acids is 1. The summed E-state index contributed by atoms with van der Waals surface area (Å²) in [6.45, 7) is 10.5. The van der Waals surface area contributed by atoms with E-state index in [0.717, 1.165) is 27.1 Å². The average molecular weight is 420 g/mol. The summed E-state index contributed by atoms with van der Waals surface area (Å²) in [4.78, 5) is 26.0. The Morgan fingerprint density at radius 1 is 1.00 bits per heavy atom. The summed E-state index contributed by atoms with van der Waals surface area (Å²) in [5.74, 6) is -1.33. The fourth-order valence-electron chi connectivity index (χ4n) is 4.09. The predicted molar refractivity (Wildman–Crippen MR) is 122 cm³/mol. The number of anilines is 1. The summed E-state index contributed by atoms with van der Waals surface area (Å²) < 4.78 is 0. The zero-order valence-electron chi connectivity index (χ0n) is 17.8. The molecule has 0 aliphatic heterocycles. The van der Waals surface area contributed by atoms with Crippen molar-refractivity contribution in [2.45, 2.75) is 45.4 Å². The quantitative estimate of drug-likeness (QED) is 0.523.